The van der Waals surface area contributed by atoms with Crippen LogP contribution < -0.4 is 9.47 Å². The number of hydrogen-bond donors (Lipinski definition) is 0. The quantitative estimate of drug-likeness (QED) is 0.787. The van der Waals surface area contributed by atoms with Crippen LogP contribution in [-0.2, 0) is 0 Å². The monoisotopic (exact) mass is 255 g/mol. The van der Waals surface area contributed by atoms with Gasteiger partial charge in [0.15, 0.2) is 6.29 Å². The lowest BCUT2D eigenvalue weighted by atomic mass is 10.0. The Balaban J connectivity index is 1.65. The van der Waals surface area contributed by atoms with Crippen LogP contribution in [0.15, 0.2) is 42.6 Å². The molecule has 1 aliphatic heterocycles. The van der Waals surface area contributed by atoms with E-state index in [0.717, 1.165) is 5.75 Å². The van der Waals surface area contributed by atoms with E-state index in [-0.39, 0.29) is 5.92 Å². The number of benzene rings is 1. The number of carbonyl (C=O) groups excluding carboxylic acids is 1. The van der Waals surface area contributed by atoms with E-state index in [1.807, 2.05) is 18.2 Å². The van der Waals surface area contributed by atoms with Gasteiger partial charge in [-0.2, -0.15) is 0 Å². The molecule has 0 spiro atoms. The van der Waals surface area contributed by atoms with E-state index in [2.05, 4.69) is 11.1 Å². The average Bonchev–Trinajstić information content (AvgIpc) is 2.89. The maximum Gasteiger partial charge on any atom is 0.168 e. The molecule has 0 fully saturated rings. The van der Waals surface area contributed by atoms with Gasteiger partial charge in [-0.1, -0.05) is 18.2 Å². The van der Waals surface area contributed by atoms with Crippen molar-refractivity contribution in [3.8, 4) is 11.5 Å². The van der Waals surface area contributed by atoms with Gasteiger partial charge in [-0.05, 0) is 18.2 Å². The lowest BCUT2D eigenvalue weighted by Crippen LogP contribution is -2.11. The number of pyridine rings is 1. The molecule has 3 rings (SSSR count). The first kappa shape index (κ1) is 11.7. The third kappa shape index (κ3) is 2.42. The van der Waals surface area contributed by atoms with E-state index in [1.165, 1.54) is 5.56 Å². The maximum absolute atomic E-state index is 10.5. The largest absolute Gasteiger partial charge is 0.493 e. The molecule has 1 unspecified atom stereocenters. The Bertz CT molecular complexity index is 580. The molecule has 0 amide bonds. The van der Waals surface area contributed by atoms with Gasteiger partial charge in [0.05, 0.1) is 25.3 Å². The summed E-state index contributed by atoms with van der Waals surface area (Å²) < 4.78 is 11.3. The number of hydrogen-bond acceptors (Lipinski definition) is 4. The number of fused-ring (bicyclic) bond motifs is 1. The summed E-state index contributed by atoms with van der Waals surface area (Å²) >= 11 is 0. The zero-order valence-corrected chi connectivity index (χ0v) is 10.3. The van der Waals surface area contributed by atoms with Crippen LogP contribution in [0, 0.1) is 0 Å². The second kappa shape index (κ2) is 5.10. The van der Waals surface area contributed by atoms with Gasteiger partial charge < -0.3 is 9.47 Å². The van der Waals surface area contributed by atoms with Crippen molar-refractivity contribution in [2.24, 2.45) is 0 Å². The van der Waals surface area contributed by atoms with E-state index >= 15 is 0 Å². The number of ether oxygens (including phenoxy) is 2. The lowest BCUT2D eigenvalue weighted by Gasteiger charge is -2.10. The average molecular weight is 255 g/mol. The van der Waals surface area contributed by atoms with E-state index in [0.29, 0.717) is 30.9 Å². The van der Waals surface area contributed by atoms with Crippen LogP contribution in [0.1, 0.15) is 22.0 Å². The van der Waals surface area contributed by atoms with Crippen LogP contribution in [0.5, 0.6) is 11.5 Å². The fraction of sp³-hybridized carbons (Fsp3) is 0.200. The van der Waals surface area contributed by atoms with Gasteiger partial charge >= 0.3 is 0 Å². The van der Waals surface area contributed by atoms with Gasteiger partial charge in [0.2, 0.25) is 0 Å². The third-order valence-corrected chi connectivity index (χ3v) is 3.13. The Labute approximate surface area is 111 Å². The molecule has 0 saturated carbocycles. The molecular formula is C15H13NO3. The molecule has 4 heteroatoms. The van der Waals surface area contributed by atoms with Crippen molar-refractivity contribution in [1.29, 1.82) is 0 Å². The molecule has 2 heterocycles. The Kier molecular flexibility index (Phi) is 3.14. The van der Waals surface area contributed by atoms with Crippen molar-refractivity contribution in [3.05, 3.63) is 53.9 Å². The van der Waals surface area contributed by atoms with Gasteiger partial charge in [-0.3, -0.25) is 4.79 Å². The van der Waals surface area contributed by atoms with Gasteiger partial charge in [-0.15, -0.1) is 0 Å². The number of aromatic nitrogens is 1. The molecule has 1 atom stereocenters. The summed E-state index contributed by atoms with van der Waals surface area (Å²) in [4.78, 5) is 14.5. The van der Waals surface area contributed by atoms with E-state index in [4.69, 9.17) is 9.47 Å². The second-order valence-corrected chi connectivity index (χ2v) is 4.39. The summed E-state index contributed by atoms with van der Waals surface area (Å²) in [7, 11) is 0. The Morgan fingerprint density at radius 1 is 1.32 bits per heavy atom. The van der Waals surface area contributed by atoms with Crippen molar-refractivity contribution in [2.75, 3.05) is 13.2 Å². The molecule has 4 nitrogen and oxygen atoms in total. The zero-order valence-electron chi connectivity index (χ0n) is 10.3. The van der Waals surface area contributed by atoms with Gasteiger partial charge in [-0.25, -0.2) is 4.98 Å². The van der Waals surface area contributed by atoms with Crippen molar-refractivity contribution >= 4 is 6.29 Å². The topological polar surface area (TPSA) is 48.4 Å². The fourth-order valence-electron chi connectivity index (χ4n) is 2.11. The minimum Gasteiger partial charge on any atom is -0.493 e. The summed E-state index contributed by atoms with van der Waals surface area (Å²) in [6.07, 6.45) is 2.27. The maximum atomic E-state index is 10.5. The van der Waals surface area contributed by atoms with Crippen molar-refractivity contribution in [3.63, 3.8) is 0 Å². The van der Waals surface area contributed by atoms with Crippen LogP contribution in [0.4, 0.5) is 0 Å². The van der Waals surface area contributed by atoms with Gasteiger partial charge in [0.1, 0.15) is 17.2 Å². The van der Waals surface area contributed by atoms with Gasteiger partial charge in [0.25, 0.3) is 0 Å². The number of carbonyl (C=O) groups is 1. The molecule has 96 valence electrons. The SMILES string of the molecule is O=Cc1ccc(OCC2COc3ccccc32)cn1. The van der Waals surface area contributed by atoms with Crippen LogP contribution in [0.3, 0.4) is 0 Å². The minimum atomic E-state index is 0.238. The molecule has 0 aliphatic carbocycles. The highest BCUT2D eigenvalue weighted by Crippen LogP contribution is 2.33. The predicted molar refractivity (Wildman–Crippen MR) is 69.8 cm³/mol. The van der Waals surface area contributed by atoms with Crippen LogP contribution in [0.25, 0.3) is 0 Å². The second-order valence-electron chi connectivity index (χ2n) is 4.39. The van der Waals surface area contributed by atoms with Crippen LogP contribution >= 0.6 is 0 Å². The first-order valence-corrected chi connectivity index (χ1v) is 6.12. The molecule has 1 aromatic heterocycles. The summed E-state index contributed by atoms with van der Waals surface area (Å²) in [5.74, 6) is 1.84. The number of nitrogens with zero attached hydrogens (tertiary/aromatic N) is 1. The smallest absolute Gasteiger partial charge is 0.168 e. The number of aldehydes is 1. The number of rotatable bonds is 4. The van der Waals surface area contributed by atoms with Crippen LogP contribution in [-0.4, -0.2) is 24.5 Å². The first-order valence-electron chi connectivity index (χ1n) is 6.12. The summed E-state index contributed by atoms with van der Waals surface area (Å²) in [6, 6.07) is 11.4. The van der Waals surface area contributed by atoms with Gasteiger partial charge in [0, 0.05) is 5.56 Å². The van der Waals surface area contributed by atoms with E-state index in [9.17, 15) is 4.79 Å². The van der Waals surface area contributed by atoms with Crippen molar-refractivity contribution in [2.45, 2.75) is 5.92 Å². The Morgan fingerprint density at radius 2 is 2.21 bits per heavy atom. The Morgan fingerprint density at radius 3 is 3.00 bits per heavy atom. The first-order chi connectivity index (χ1) is 9.36. The summed E-state index contributed by atoms with van der Waals surface area (Å²) in [5.41, 5.74) is 1.59. The molecule has 0 radical (unpaired) electrons. The molecular weight excluding hydrogens is 242 g/mol. The molecule has 0 N–H and O–H groups in total. The highest BCUT2D eigenvalue weighted by molar-refractivity contribution is 5.71. The summed E-state index contributed by atoms with van der Waals surface area (Å²) in [6.45, 7) is 1.18. The van der Waals surface area contributed by atoms with Crippen molar-refractivity contribution < 1.29 is 14.3 Å². The van der Waals surface area contributed by atoms with E-state index in [1.54, 1.807) is 18.3 Å². The lowest BCUT2D eigenvalue weighted by molar-refractivity contribution is 0.111. The zero-order chi connectivity index (χ0) is 13.1. The molecule has 2 aromatic rings. The predicted octanol–water partition coefficient (Wildman–Crippen LogP) is 2.45. The molecule has 19 heavy (non-hydrogen) atoms. The standard InChI is InChI=1S/C15H13NO3/c17-8-12-5-6-13(7-16-12)18-9-11-10-19-15-4-2-1-3-14(11)15/h1-8,11H,9-10H2. The molecule has 1 aliphatic rings. The fourth-order valence-corrected chi connectivity index (χ4v) is 2.11. The Hall–Kier alpha value is -2.36. The number of para-hydroxylation sites is 1. The minimum absolute atomic E-state index is 0.238. The third-order valence-electron chi connectivity index (χ3n) is 3.13. The summed E-state index contributed by atoms with van der Waals surface area (Å²) in [5, 5.41) is 0. The molecule has 1 aromatic carbocycles. The van der Waals surface area contributed by atoms with Crippen molar-refractivity contribution in [1.82, 2.24) is 4.98 Å². The van der Waals surface area contributed by atoms with Crippen LogP contribution in [0.2, 0.25) is 0 Å². The highest BCUT2D eigenvalue weighted by atomic mass is 16.5. The molecule has 0 bridgehead atoms. The normalized spacial score (nSPS) is 16.5. The highest BCUT2D eigenvalue weighted by Gasteiger charge is 2.24. The van der Waals surface area contributed by atoms with E-state index < -0.39 is 0 Å². The molecule has 0 saturated heterocycles.